The van der Waals surface area contributed by atoms with Crippen LogP contribution in [-0.2, 0) is 6.54 Å². The molecule has 0 aliphatic heterocycles. The maximum atomic E-state index is 10.5. The maximum Gasteiger partial charge on any atom is 0.269 e. The number of anilines is 1. The van der Waals surface area contributed by atoms with Gasteiger partial charge in [-0.25, -0.2) is 0 Å². The quantitative estimate of drug-likeness (QED) is 0.645. The lowest BCUT2D eigenvalue weighted by Crippen LogP contribution is -1.99. The van der Waals surface area contributed by atoms with E-state index in [9.17, 15) is 10.1 Å². The van der Waals surface area contributed by atoms with Gasteiger partial charge in [0.2, 0.25) is 0 Å². The van der Waals surface area contributed by atoms with Crippen LogP contribution in [-0.4, -0.2) is 4.92 Å². The first-order chi connectivity index (χ1) is 8.25. The highest BCUT2D eigenvalue weighted by molar-refractivity contribution is 5.48. The van der Waals surface area contributed by atoms with Gasteiger partial charge in [-0.05, 0) is 17.7 Å². The number of nitrogens with zero attached hydrogens (tertiary/aromatic N) is 1. The summed E-state index contributed by atoms with van der Waals surface area (Å²) in [5.74, 6) is 0. The van der Waals surface area contributed by atoms with Crippen molar-refractivity contribution in [3.63, 3.8) is 0 Å². The molecule has 0 saturated carbocycles. The molecular weight excluding hydrogens is 216 g/mol. The lowest BCUT2D eigenvalue weighted by molar-refractivity contribution is -0.384. The fourth-order valence-corrected chi connectivity index (χ4v) is 1.50. The van der Waals surface area contributed by atoms with Gasteiger partial charge in [-0.1, -0.05) is 30.3 Å². The van der Waals surface area contributed by atoms with E-state index in [0.717, 1.165) is 5.69 Å². The molecule has 0 fully saturated rings. The molecule has 0 radical (unpaired) electrons. The summed E-state index contributed by atoms with van der Waals surface area (Å²) >= 11 is 0. The number of nitrogens with one attached hydrogen (secondary N) is 1. The fraction of sp³-hybridized carbons (Fsp3) is 0.0769. The minimum Gasteiger partial charge on any atom is -0.381 e. The van der Waals surface area contributed by atoms with Crippen LogP contribution >= 0.6 is 0 Å². The maximum absolute atomic E-state index is 10.5. The van der Waals surface area contributed by atoms with Crippen LogP contribution in [0.2, 0.25) is 0 Å². The zero-order valence-electron chi connectivity index (χ0n) is 9.17. The summed E-state index contributed by atoms with van der Waals surface area (Å²) in [5.41, 5.74) is 2.15. The lowest BCUT2D eigenvalue weighted by Gasteiger charge is -2.05. The van der Waals surface area contributed by atoms with E-state index in [1.165, 1.54) is 17.7 Å². The normalized spacial score (nSPS) is 9.88. The van der Waals surface area contributed by atoms with Gasteiger partial charge < -0.3 is 5.32 Å². The molecule has 0 amide bonds. The van der Waals surface area contributed by atoms with Crippen LogP contribution in [0, 0.1) is 10.1 Å². The van der Waals surface area contributed by atoms with Crippen LogP contribution in [0.4, 0.5) is 11.4 Å². The number of rotatable bonds is 4. The van der Waals surface area contributed by atoms with Crippen molar-refractivity contribution in [2.45, 2.75) is 6.54 Å². The first-order valence-electron chi connectivity index (χ1n) is 5.28. The van der Waals surface area contributed by atoms with Gasteiger partial charge in [-0.15, -0.1) is 0 Å². The van der Waals surface area contributed by atoms with E-state index in [-0.39, 0.29) is 5.69 Å². The van der Waals surface area contributed by atoms with Gasteiger partial charge in [-0.3, -0.25) is 10.1 Å². The molecular formula is C13H12N2O2. The molecule has 0 aromatic heterocycles. The molecule has 1 N–H and O–H groups in total. The second-order valence-corrected chi connectivity index (χ2v) is 3.64. The molecule has 0 spiro atoms. The minimum atomic E-state index is -0.402. The van der Waals surface area contributed by atoms with E-state index in [1.54, 1.807) is 12.1 Å². The van der Waals surface area contributed by atoms with E-state index >= 15 is 0 Å². The molecule has 86 valence electrons. The molecule has 0 aliphatic carbocycles. The van der Waals surface area contributed by atoms with Crippen molar-refractivity contribution in [3.05, 3.63) is 70.3 Å². The van der Waals surface area contributed by atoms with Crippen molar-refractivity contribution in [1.29, 1.82) is 0 Å². The summed E-state index contributed by atoms with van der Waals surface area (Å²) in [6, 6.07) is 16.4. The van der Waals surface area contributed by atoms with Gasteiger partial charge in [0.25, 0.3) is 5.69 Å². The smallest absolute Gasteiger partial charge is 0.269 e. The minimum absolute atomic E-state index is 0.107. The highest BCUT2D eigenvalue weighted by atomic mass is 16.6. The van der Waals surface area contributed by atoms with Crippen molar-refractivity contribution in [3.8, 4) is 0 Å². The molecule has 2 rings (SSSR count). The van der Waals surface area contributed by atoms with Gasteiger partial charge in [-0.2, -0.15) is 0 Å². The molecule has 0 atom stereocenters. The second-order valence-electron chi connectivity index (χ2n) is 3.64. The lowest BCUT2D eigenvalue weighted by atomic mass is 10.2. The standard InChI is InChI=1S/C13H12N2O2/c16-15(17)13-8-6-12(7-9-13)14-10-11-4-2-1-3-5-11/h1-9,14H,10H2. The van der Waals surface area contributed by atoms with E-state index < -0.39 is 4.92 Å². The number of non-ortho nitro benzene ring substituents is 1. The summed E-state index contributed by atoms with van der Waals surface area (Å²) in [6.45, 7) is 0.707. The van der Waals surface area contributed by atoms with Crippen LogP contribution in [0.5, 0.6) is 0 Å². The Labute approximate surface area is 99.1 Å². The number of benzene rings is 2. The third-order valence-corrected chi connectivity index (χ3v) is 2.42. The largest absolute Gasteiger partial charge is 0.381 e. The molecule has 0 heterocycles. The predicted octanol–water partition coefficient (Wildman–Crippen LogP) is 3.21. The Morgan fingerprint density at radius 2 is 1.65 bits per heavy atom. The first-order valence-corrected chi connectivity index (χ1v) is 5.28. The summed E-state index contributed by atoms with van der Waals surface area (Å²) in [4.78, 5) is 10.1. The average molecular weight is 228 g/mol. The van der Waals surface area contributed by atoms with Crippen LogP contribution in [0.25, 0.3) is 0 Å². The third-order valence-electron chi connectivity index (χ3n) is 2.42. The second kappa shape index (κ2) is 5.12. The number of hydrogen-bond donors (Lipinski definition) is 1. The van der Waals surface area contributed by atoms with Gasteiger partial charge in [0.05, 0.1) is 4.92 Å². The van der Waals surface area contributed by atoms with E-state index in [2.05, 4.69) is 5.32 Å². The highest BCUT2D eigenvalue weighted by Gasteiger charge is 2.03. The van der Waals surface area contributed by atoms with Gasteiger partial charge in [0.1, 0.15) is 0 Å². The Morgan fingerprint density at radius 1 is 1.00 bits per heavy atom. The Balaban J connectivity index is 1.98. The molecule has 2 aromatic carbocycles. The van der Waals surface area contributed by atoms with Crippen molar-refractivity contribution < 1.29 is 4.92 Å². The highest BCUT2D eigenvalue weighted by Crippen LogP contribution is 2.16. The van der Waals surface area contributed by atoms with Crippen molar-refractivity contribution in [2.24, 2.45) is 0 Å². The number of hydrogen-bond acceptors (Lipinski definition) is 3. The molecule has 0 saturated heterocycles. The molecule has 2 aromatic rings. The Hall–Kier alpha value is -2.36. The Bertz CT molecular complexity index is 495. The van der Waals surface area contributed by atoms with Gasteiger partial charge in [0, 0.05) is 24.4 Å². The molecule has 17 heavy (non-hydrogen) atoms. The molecule has 0 aliphatic rings. The predicted molar refractivity (Wildman–Crippen MR) is 66.9 cm³/mol. The van der Waals surface area contributed by atoms with Crippen LogP contribution in [0.3, 0.4) is 0 Å². The molecule has 4 heteroatoms. The van der Waals surface area contributed by atoms with E-state index in [0.29, 0.717) is 6.54 Å². The van der Waals surface area contributed by atoms with Crippen LogP contribution in [0.15, 0.2) is 54.6 Å². The van der Waals surface area contributed by atoms with Crippen molar-refractivity contribution >= 4 is 11.4 Å². The van der Waals surface area contributed by atoms with Crippen molar-refractivity contribution in [2.75, 3.05) is 5.32 Å². The fourth-order valence-electron chi connectivity index (χ4n) is 1.50. The van der Waals surface area contributed by atoms with Crippen LogP contribution < -0.4 is 5.32 Å². The average Bonchev–Trinajstić information content (AvgIpc) is 2.38. The SMILES string of the molecule is O=[N+]([O-])c1ccc(NCc2ccccc2)cc1. The number of nitro groups is 1. The summed E-state index contributed by atoms with van der Waals surface area (Å²) < 4.78 is 0. The third kappa shape index (κ3) is 3.04. The van der Waals surface area contributed by atoms with Crippen LogP contribution in [0.1, 0.15) is 5.56 Å². The molecule has 0 unspecified atom stereocenters. The van der Waals surface area contributed by atoms with E-state index in [4.69, 9.17) is 0 Å². The zero-order valence-corrected chi connectivity index (χ0v) is 9.17. The summed E-state index contributed by atoms with van der Waals surface area (Å²) in [5, 5.41) is 13.7. The summed E-state index contributed by atoms with van der Waals surface area (Å²) in [7, 11) is 0. The molecule has 4 nitrogen and oxygen atoms in total. The first kappa shape index (κ1) is 11.1. The van der Waals surface area contributed by atoms with Gasteiger partial charge >= 0.3 is 0 Å². The molecule has 0 bridgehead atoms. The Kier molecular flexibility index (Phi) is 3.35. The van der Waals surface area contributed by atoms with Crippen molar-refractivity contribution in [1.82, 2.24) is 0 Å². The number of nitro benzene ring substituents is 1. The topological polar surface area (TPSA) is 55.2 Å². The van der Waals surface area contributed by atoms with E-state index in [1.807, 2.05) is 30.3 Å². The monoisotopic (exact) mass is 228 g/mol. The zero-order chi connectivity index (χ0) is 12.1. The Morgan fingerprint density at radius 3 is 2.24 bits per heavy atom. The summed E-state index contributed by atoms with van der Waals surface area (Å²) in [6.07, 6.45) is 0. The van der Waals surface area contributed by atoms with Gasteiger partial charge in [0.15, 0.2) is 0 Å².